The summed E-state index contributed by atoms with van der Waals surface area (Å²) in [5.41, 5.74) is -5.90. The van der Waals surface area contributed by atoms with Crippen molar-refractivity contribution < 1.29 is 84.4 Å². The number of phosphoric acid groups is 1. The number of amides is 1. The van der Waals surface area contributed by atoms with Gasteiger partial charge < -0.3 is 15.1 Å². The monoisotopic (exact) mass is 1090 g/mol. The topological polar surface area (TPSA) is 216 Å². The maximum Gasteiger partial charge on any atom is 0.469 e. The molecule has 0 spiro atoms. The second-order valence-electron chi connectivity index (χ2n) is 17.2. The Morgan fingerprint density at radius 2 is 1.63 bits per heavy atom. The van der Waals surface area contributed by atoms with Gasteiger partial charge in [-0.1, -0.05) is 23.6 Å². The van der Waals surface area contributed by atoms with E-state index in [1.165, 1.54) is 13.8 Å². The van der Waals surface area contributed by atoms with E-state index in [0.29, 0.717) is 16.6 Å². The van der Waals surface area contributed by atoms with Crippen LogP contribution in [0.25, 0.3) is 22.0 Å². The minimum Gasteiger partial charge on any atom is -0.346 e. The van der Waals surface area contributed by atoms with Gasteiger partial charge in [0.25, 0.3) is 5.92 Å². The second kappa shape index (κ2) is 18.3. The number of rotatable bonds is 15. The molecule has 1 fully saturated rings. The summed E-state index contributed by atoms with van der Waals surface area (Å²) in [6.45, 7) is -2.81. The number of carbonyl (C=O) groups excluding carboxylic acids is 1. The summed E-state index contributed by atoms with van der Waals surface area (Å²) in [5, 5.41) is 8.72. The van der Waals surface area contributed by atoms with Crippen LogP contribution in [0.2, 0.25) is 5.02 Å². The minimum atomic E-state index is -5.24. The number of nitrogens with one attached hydrogen (secondary N) is 1. The van der Waals surface area contributed by atoms with Crippen LogP contribution < -0.4 is 9.62 Å². The molecule has 7 rings (SSSR count). The van der Waals surface area contributed by atoms with Crippen LogP contribution in [0.3, 0.4) is 0 Å². The van der Waals surface area contributed by atoms with Crippen molar-refractivity contribution in [3.8, 4) is 23.0 Å². The van der Waals surface area contributed by atoms with Crippen LogP contribution in [0.1, 0.15) is 66.1 Å². The van der Waals surface area contributed by atoms with Crippen molar-refractivity contribution in [3.63, 3.8) is 0 Å². The molecule has 0 aliphatic heterocycles. The molecular formula is C41H37ClF10N7O9PS2. The molecule has 2 aromatic carbocycles. The van der Waals surface area contributed by atoms with Crippen LogP contribution in [0, 0.1) is 29.4 Å². The predicted molar refractivity (Wildman–Crippen MR) is 233 cm³/mol. The molecule has 0 saturated heterocycles. The Bertz CT molecular complexity index is 3310. The highest BCUT2D eigenvalue weighted by Gasteiger charge is 2.68. The number of sulfone groups is 1. The molecule has 3 heterocycles. The molecule has 2 aliphatic rings. The third-order valence-electron chi connectivity index (χ3n) is 11.5. The largest absolute Gasteiger partial charge is 0.469 e. The molecule has 3 atom stereocenters. The molecule has 3 N–H and O–H groups in total. The number of anilines is 1. The highest BCUT2D eigenvalue weighted by Crippen LogP contribution is 2.68. The zero-order valence-electron chi connectivity index (χ0n) is 36.9. The van der Waals surface area contributed by atoms with Crippen LogP contribution in [0.4, 0.5) is 49.7 Å². The number of halogens is 11. The average Bonchev–Trinajstić information content (AvgIpc) is 3.71. The van der Waals surface area contributed by atoms with E-state index in [2.05, 4.69) is 36.9 Å². The van der Waals surface area contributed by atoms with Crippen LogP contribution in [-0.4, -0.2) is 93.7 Å². The van der Waals surface area contributed by atoms with Crippen LogP contribution in [-0.2, 0) is 65.4 Å². The van der Waals surface area contributed by atoms with Gasteiger partial charge in [-0.25, -0.2) is 39.5 Å². The van der Waals surface area contributed by atoms with E-state index in [-0.39, 0.29) is 38.2 Å². The zero-order chi connectivity index (χ0) is 52.8. The first-order valence-corrected chi connectivity index (χ1v) is 26.1. The van der Waals surface area contributed by atoms with E-state index < -0.39 is 163 Å². The average molecular weight is 1090 g/mol. The highest BCUT2D eigenvalue weighted by atomic mass is 35.5. The molecular weight excluding hydrogens is 1060 g/mol. The number of carbonyl (C=O) groups is 1. The van der Waals surface area contributed by atoms with Crippen LogP contribution >= 0.6 is 19.4 Å². The molecule has 384 valence electrons. The number of hydrogen-bond acceptors (Lipinski definition) is 10. The van der Waals surface area contributed by atoms with Gasteiger partial charge in [-0.2, -0.15) is 45.3 Å². The lowest BCUT2D eigenvalue weighted by molar-refractivity contribution is -0.143. The number of pyridine rings is 1. The van der Waals surface area contributed by atoms with Crippen molar-refractivity contribution in [2.75, 3.05) is 30.0 Å². The maximum absolute atomic E-state index is 15.6. The Kier molecular flexibility index (Phi) is 13.8. The first-order valence-electron chi connectivity index (χ1n) is 20.4. The number of phosphoric ester groups is 1. The number of fused-ring (bicyclic) bond motifs is 4. The van der Waals surface area contributed by atoms with Crippen LogP contribution in [0.15, 0.2) is 42.5 Å². The van der Waals surface area contributed by atoms with Gasteiger partial charge in [0.2, 0.25) is 15.9 Å². The predicted octanol–water partition coefficient (Wildman–Crippen LogP) is 7.17. The van der Waals surface area contributed by atoms with E-state index in [1.54, 1.807) is 0 Å². The fourth-order valence-corrected chi connectivity index (χ4v) is 9.74. The zero-order valence-corrected chi connectivity index (χ0v) is 40.2. The first kappa shape index (κ1) is 53.5. The molecule has 5 aromatic rings. The third kappa shape index (κ3) is 11.3. The van der Waals surface area contributed by atoms with Crippen molar-refractivity contribution in [2.24, 2.45) is 5.92 Å². The Morgan fingerprint density at radius 3 is 2.21 bits per heavy atom. The van der Waals surface area contributed by atoms with Gasteiger partial charge >= 0.3 is 20.2 Å². The lowest BCUT2D eigenvalue weighted by Crippen LogP contribution is -2.35. The normalized spacial score (nSPS) is 17.4. The minimum absolute atomic E-state index is 0.181. The summed E-state index contributed by atoms with van der Waals surface area (Å²) in [5.74, 6) is -5.95. The standard InChI is InChI=1S/C41H37ClF10N7O9PS2/c1-38(2,70(3,64)65)10-9-23-5-6-24(25-7-8-28(42)32-34(25)58(19-39(45,46)47)56-37(32)59(71(4,66)67)11-12-68-69(61,62)63)33(53-23)29(15-20-13-21(43)16-22(44)14-20)54-30(60)18-57-36-31(35(55-57)41(50,51)52)26-17-27(26)40(36,48)49/h5-8,13-14,16,26-27,29H,11-12,15,17-19H2,1-4H3,(H,54,60)(H2,61,62,63)/t26-,27?,29-/m0/s1. The number of benzene rings is 2. The van der Waals surface area contributed by atoms with Gasteiger partial charge in [-0.05, 0) is 74.4 Å². The van der Waals surface area contributed by atoms with Crippen molar-refractivity contribution in [1.82, 2.24) is 29.9 Å². The quantitative estimate of drug-likeness (QED) is 0.0541. The molecule has 16 nitrogen and oxygen atoms in total. The Hall–Kier alpha value is -5.30. The number of nitrogens with zero attached hydrogens (tertiary/aromatic N) is 6. The van der Waals surface area contributed by atoms with Gasteiger partial charge in [-0.3, -0.25) is 18.7 Å². The molecule has 30 heteroatoms. The van der Waals surface area contributed by atoms with Gasteiger partial charge in [0.15, 0.2) is 21.3 Å². The maximum atomic E-state index is 15.6. The van der Waals surface area contributed by atoms with Crippen molar-refractivity contribution >= 4 is 61.9 Å². The third-order valence-corrected chi connectivity index (χ3v) is 15.4. The van der Waals surface area contributed by atoms with Crippen molar-refractivity contribution in [3.05, 3.63) is 93.0 Å². The molecule has 1 unspecified atom stereocenters. The Morgan fingerprint density at radius 1 is 1.00 bits per heavy atom. The molecule has 71 heavy (non-hydrogen) atoms. The molecule has 2 aliphatic carbocycles. The van der Waals surface area contributed by atoms with Gasteiger partial charge in [0.1, 0.15) is 40.9 Å². The number of hydrogen-bond donors (Lipinski definition) is 3. The molecule has 0 bridgehead atoms. The summed E-state index contributed by atoms with van der Waals surface area (Å²) < 4.78 is 213. The van der Waals surface area contributed by atoms with Gasteiger partial charge in [-0.15, -0.1) is 0 Å². The van der Waals surface area contributed by atoms with E-state index in [1.807, 2.05) is 0 Å². The highest BCUT2D eigenvalue weighted by molar-refractivity contribution is 7.92. The summed E-state index contributed by atoms with van der Waals surface area (Å²) in [6, 6.07) is 4.71. The summed E-state index contributed by atoms with van der Waals surface area (Å²) in [4.78, 5) is 37.1. The molecule has 1 amide bonds. The van der Waals surface area contributed by atoms with E-state index in [9.17, 15) is 71.1 Å². The fraction of sp³-hybridized carbons (Fsp3) is 0.415. The number of aromatic nitrogens is 5. The second-order valence-corrected chi connectivity index (χ2v) is 23.3. The van der Waals surface area contributed by atoms with E-state index in [4.69, 9.17) is 11.6 Å². The van der Waals surface area contributed by atoms with Crippen LogP contribution in [0.5, 0.6) is 0 Å². The lowest BCUT2D eigenvalue weighted by Gasteiger charge is -2.23. The van der Waals surface area contributed by atoms with Crippen molar-refractivity contribution in [2.45, 2.75) is 74.8 Å². The first-order chi connectivity index (χ1) is 32.5. The number of alkyl halides is 8. The lowest BCUT2D eigenvalue weighted by atomic mass is 9.93. The summed E-state index contributed by atoms with van der Waals surface area (Å²) in [6.07, 6.45) is -9.90. The molecule has 3 aromatic heterocycles. The molecule has 1 saturated carbocycles. The van der Waals surface area contributed by atoms with E-state index in [0.717, 1.165) is 42.7 Å². The van der Waals surface area contributed by atoms with Gasteiger partial charge in [0.05, 0.1) is 47.1 Å². The SMILES string of the molecule is CC(C)(C#Cc1ccc(-c2ccc(Cl)c3c(N(CCOP(=O)(O)O)S(C)(=O)=O)nn(CC(F)(F)F)c23)c([C@H](Cc2cc(F)cc(F)c2)NC(=O)Cn2nc(C(F)(F)F)c3c2C(F)(F)C2C[C@H]32)n1)S(C)(=O)=O. The van der Waals surface area contributed by atoms with Gasteiger partial charge in [0, 0.05) is 34.9 Å². The Labute approximate surface area is 401 Å². The summed E-state index contributed by atoms with van der Waals surface area (Å²) >= 11 is 6.59. The molecule has 0 radical (unpaired) electrons. The van der Waals surface area contributed by atoms with Crippen molar-refractivity contribution in [1.29, 1.82) is 0 Å². The van der Waals surface area contributed by atoms with E-state index >= 15 is 8.78 Å². The smallest absolute Gasteiger partial charge is 0.346 e. The number of sulfonamides is 1. The fourth-order valence-electron chi connectivity index (χ4n) is 8.10. The summed E-state index contributed by atoms with van der Waals surface area (Å²) in [7, 11) is -13.8. The Balaban J connectivity index is 1.47.